The number of benzene rings is 1. The number of nitrogens with two attached hydrogens (primary N) is 1. The Kier molecular flexibility index (Phi) is 3.90. The van der Waals surface area contributed by atoms with Gasteiger partial charge in [0.15, 0.2) is 0 Å². The molecule has 0 aliphatic carbocycles. The zero-order valence-corrected chi connectivity index (χ0v) is 12.3. The van der Waals surface area contributed by atoms with Crippen LogP contribution in [0.4, 0.5) is 0 Å². The highest BCUT2D eigenvalue weighted by Gasteiger charge is 2.07. The molecule has 1 aromatic carbocycles. The lowest BCUT2D eigenvalue weighted by Gasteiger charge is -2.01. The highest BCUT2D eigenvalue weighted by atomic mass is 79.9. The first-order valence-electron chi connectivity index (χ1n) is 4.85. The third-order valence-corrected chi connectivity index (χ3v) is 3.85. The monoisotopic (exact) mass is 330 g/mol. The molecular weight excluding hydrogens is 320 g/mol. The van der Waals surface area contributed by atoms with Gasteiger partial charge in [-0.05, 0) is 36.2 Å². The standard InChI is InChI=1S/C10H11BrN4S2/c1-17-9-13-14(10(16)15(9)12)6-7-2-4-8(11)5-3-7/h2-5H,6,12H2,1H3. The zero-order chi connectivity index (χ0) is 12.4. The number of rotatable bonds is 3. The Morgan fingerprint density at radius 1 is 1.41 bits per heavy atom. The summed E-state index contributed by atoms with van der Waals surface area (Å²) in [4.78, 5) is 0. The Balaban J connectivity index is 2.30. The fourth-order valence-electron chi connectivity index (χ4n) is 1.41. The maximum Gasteiger partial charge on any atom is 0.217 e. The van der Waals surface area contributed by atoms with Crippen LogP contribution in [0.15, 0.2) is 33.9 Å². The van der Waals surface area contributed by atoms with E-state index in [0.29, 0.717) is 16.5 Å². The summed E-state index contributed by atoms with van der Waals surface area (Å²) in [5.41, 5.74) is 1.13. The smallest absolute Gasteiger partial charge is 0.217 e. The lowest BCUT2D eigenvalue weighted by atomic mass is 10.2. The number of thioether (sulfide) groups is 1. The van der Waals surface area contributed by atoms with Crippen molar-refractivity contribution in [3.63, 3.8) is 0 Å². The molecule has 4 nitrogen and oxygen atoms in total. The van der Waals surface area contributed by atoms with Gasteiger partial charge in [0.05, 0.1) is 6.54 Å². The molecule has 0 spiro atoms. The van der Waals surface area contributed by atoms with Crippen LogP contribution in [-0.2, 0) is 6.54 Å². The molecule has 1 aromatic heterocycles. The van der Waals surface area contributed by atoms with Gasteiger partial charge < -0.3 is 5.84 Å². The van der Waals surface area contributed by atoms with E-state index >= 15 is 0 Å². The van der Waals surface area contributed by atoms with Gasteiger partial charge in [0.25, 0.3) is 0 Å². The minimum absolute atomic E-state index is 0.525. The van der Waals surface area contributed by atoms with Crippen LogP contribution in [0.1, 0.15) is 5.56 Å². The average Bonchev–Trinajstić information content (AvgIpc) is 2.60. The third kappa shape index (κ3) is 2.72. The molecule has 1 heterocycles. The van der Waals surface area contributed by atoms with Gasteiger partial charge in [-0.2, -0.15) is 0 Å². The molecule has 0 fully saturated rings. The highest BCUT2D eigenvalue weighted by Crippen LogP contribution is 2.14. The second kappa shape index (κ2) is 5.24. The fourth-order valence-corrected chi connectivity index (χ4v) is 2.38. The van der Waals surface area contributed by atoms with E-state index in [1.54, 1.807) is 4.68 Å². The number of hydrogen-bond acceptors (Lipinski definition) is 4. The molecule has 0 aliphatic heterocycles. The summed E-state index contributed by atoms with van der Waals surface area (Å²) in [5, 5.41) is 5.06. The zero-order valence-electron chi connectivity index (χ0n) is 9.13. The van der Waals surface area contributed by atoms with E-state index in [2.05, 4.69) is 21.0 Å². The molecule has 0 atom stereocenters. The number of nitrogen functional groups attached to an aromatic ring is 1. The molecular formula is C10H11BrN4S2. The number of halogens is 1. The van der Waals surface area contributed by atoms with E-state index in [1.165, 1.54) is 16.4 Å². The second-order valence-electron chi connectivity index (χ2n) is 3.42. The van der Waals surface area contributed by atoms with E-state index in [-0.39, 0.29) is 0 Å². The van der Waals surface area contributed by atoms with Crippen LogP contribution in [-0.4, -0.2) is 20.7 Å². The molecule has 0 radical (unpaired) electrons. The minimum atomic E-state index is 0.525. The predicted octanol–water partition coefficient (Wildman–Crippen LogP) is 2.66. The van der Waals surface area contributed by atoms with Crippen molar-refractivity contribution in [1.29, 1.82) is 0 Å². The van der Waals surface area contributed by atoms with Crippen LogP contribution >= 0.6 is 39.9 Å². The Labute approximate surface area is 117 Å². The van der Waals surface area contributed by atoms with Crippen molar-refractivity contribution in [3.05, 3.63) is 39.1 Å². The molecule has 2 N–H and O–H groups in total. The van der Waals surface area contributed by atoms with Crippen LogP contribution in [0, 0.1) is 4.77 Å². The molecule has 0 saturated carbocycles. The van der Waals surface area contributed by atoms with Crippen molar-refractivity contribution in [2.75, 3.05) is 12.1 Å². The number of nitrogens with zero attached hydrogens (tertiary/aromatic N) is 3. The first-order chi connectivity index (χ1) is 8.11. The van der Waals surface area contributed by atoms with Crippen LogP contribution in [0.3, 0.4) is 0 Å². The molecule has 2 rings (SSSR count). The van der Waals surface area contributed by atoms with Crippen molar-refractivity contribution < 1.29 is 0 Å². The van der Waals surface area contributed by atoms with Crippen LogP contribution in [0.2, 0.25) is 0 Å². The fraction of sp³-hybridized carbons (Fsp3) is 0.200. The van der Waals surface area contributed by atoms with E-state index in [0.717, 1.165) is 10.0 Å². The number of hydrogen-bond donors (Lipinski definition) is 1. The van der Waals surface area contributed by atoms with Gasteiger partial charge in [0.2, 0.25) is 9.93 Å². The molecule has 0 unspecified atom stereocenters. The Morgan fingerprint density at radius 3 is 2.59 bits per heavy atom. The largest absolute Gasteiger partial charge is 0.335 e. The Bertz CT molecular complexity index is 573. The van der Waals surface area contributed by atoms with Crippen molar-refractivity contribution >= 4 is 39.9 Å². The Morgan fingerprint density at radius 2 is 2.06 bits per heavy atom. The molecule has 7 heteroatoms. The number of aromatic nitrogens is 3. The SMILES string of the molecule is CSc1nn(Cc2ccc(Br)cc2)c(=S)n1N. The van der Waals surface area contributed by atoms with E-state index in [4.69, 9.17) is 18.1 Å². The normalized spacial score (nSPS) is 10.7. The van der Waals surface area contributed by atoms with Gasteiger partial charge >= 0.3 is 0 Å². The quantitative estimate of drug-likeness (QED) is 0.534. The lowest BCUT2D eigenvalue weighted by Crippen LogP contribution is -2.10. The summed E-state index contributed by atoms with van der Waals surface area (Å²) in [6.45, 7) is 0.629. The molecule has 90 valence electrons. The van der Waals surface area contributed by atoms with Gasteiger partial charge in [0, 0.05) is 4.47 Å². The van der Waals surface area contributed by atoms with Gasteiger partial charge in [0.1, 0.15) is 0 Å². The maximum atomic E-state index is 5.79. The van der Waals surface area contributed by atoms with Crippen LogP contribution in [0.5, 0.6) is 0 Å². The van der Waals surface area contributed by atoms with Crippen molar-refractivity contribution in [3.8, 4) is 0 Å². The van der Waals surface area contributed by atoms with Gasteiger partial charge in [-0.25, -0.2) is 9.36 Å². The maximum absolute atomic E-state index is 5.79. The minimum Gasteiger partial charge on any atom is -0.335 e. The molecule has 17 heavy (non-hydrogen) atoms. The third-order valence-electron chi connectivity index (χ3n) is 2.27. The Hall–Kier alpha value is -0.790. The summed E-state index contributed by atoms with van der Waals surface area (Å²) in [7, 11) is 0. The van der Waals surface area contributed by atoms with Gasteiger partial charge in [-0.1, -0.05) is 39.8 Å². The van der Waals surface area contributed by atoms with E-state index in [1.807, 2.05) is 30.5 Å². The van der Waals surface area contributed by atoms with Crippen LogP contribution in [0.25, 0.3) is 0 Å². The average molecular weight is 331 g/mol. The van der Waals surface area contributed by atoms with Crippen LogP contribution < -0.4 is 5.84 Å². The molecule has 0 bridgehead atoms. The second-order valence-corrected chi connectivity index (χ2v) is 5.48. The summed E-state index contributed by atoms with van der Waals surface area (Å²) >= 11 is 10.1. The van der Waals surface area contributed by atoms with Gasteiger partial charge in [-0.15, -0.1) is 5.10 Å². The van der Waals surface area contributed by atoms with Crippen molar-refractivity contribution in [2.45, 2.75) is 11.7 Å². The molecule has 0 aliphatic rings. The highest BCUT2D eigenvalue weighted by molar-refractivity contribution is 9.10. The van der Waals surface area contributed by atoms with E-state index in [9.17, 15) is 0 Å². The van der Waals surface area contributed by atoms with E-state index < -0.39 is 0 Å². The summed E-state index contributed by atoms with van der Waals surface area (Å²) < 4.78 is 4.74. The first kappa shape index (κ1) is 12.7. The topological polar surface area (TPSA) is 48.8 Å². The first-order valence-corrected chi connectivity index (χ1v) is 7.28. The molecule has 2 aromatic rings. The lowest BCUT2D eigenvalue weighted by molar-refractivity contribution is 0.658. The molecule has 0 amide bonds. The summed E-state index contributed by atoms with van der Waals surface area (Å²) in [6, 6.07) is 8.04. The summed E-state index contributed by atoms with van der Waals surface area (Å²) in [5.74, 6) is 5.79. The molecule has 0 saturated heterocycles. The van der Waals surface area contributed by atoms with Gasteiger partial charge in [-0.3, -0.25) is 0 Å². The van der Waals surface area contributed by atoms with Crippen molar-refractivity contribution in [2.24, 2.45) is 0 Å². The van der Waals surface area contributed by atoms with Crippen molar-refractivity contribution in [1.82, 2.24) is 14.5 Å². The summed E-state index contributed by atoms with van der Waals surface area (Å²) in [6.07, 6.45) is 1.92. The predicted molar refractivity (Wildman–Crippen MR) is 76.2 cm³/mol.